The first-order valence-corrected chi connectivity index (χ1v) is 9.77. The van der Waals surface area contributed by atoms with Crippen LogP contribution in [0.15, 0.2) is 54.6 Å². The Kier molecular flexibility index (Phi) is 6.53. The van der Waals surface area contributed by atoms with Gasteiger partial charge in [-0.05, 0) is 17.7 Å². The lowest BCUT2D eigenvalue weighted by molar-refractivity contribution is 0.0777. The quantitative estimate of drug-likeness (QED) is 0.688. The molecule has 3 aromatic rings. The molecule has 6 nitrogen and oxygen atoms in total. The van der Waals surface area contributed by atoms with Crippen LogP contribution in [0.3, 0.4) is 0 Å². The number of amides is 1. The molecule has 1 fully saturated rings. The molecule has 2 N–H and O–H groups in total. The van der Waals surface area contributed by atoms with Crippen LogP contribution >= 0.6 is 12.4 Å². The Hall–Kier alpha value is -2.77. The standard InChI is InChI=1S/C22H24FN5O.ClH/c1-14(2)21-25-20(26-28(21)19-11-7-6-10-17(19)23)22(29)27-12-16(18(24)13-27)15-8-4-3-5-9-15;/h3-11,14,16,18H,12-13,24H2,1-2H3;1H/t16-,18+;/m0./s1. The normalized spacial score (nSPS) is 18.5. The molecule has 1 aromatic heterocycles. The molecule has 2 atom stereocenters. The van der Waals surface area contributed by atoms with Crippen molar-refractivity contribution in [1.29, 1.82) is 0 Å². The maximum Gasteiger partial charge on any atom is 0.293 e. The zero-order valence-electron chi connectivity index (χ0n) is 16.9. The zero-order chi connectivity index (χ0) is 20.5. The van der Waals surface area contributed by atoms with Gasteiger partial charge in [0.2, 0.25) is 5.82 Å². The highest BCUT2D eigenvalue weighted by atomic mass is 35.5. The molecule has 2 aromatic carbocycles. The van der Waals surface area contributed by atoms with E-state index in [-0.39, 0.29) is 47.7 Å². The van der Waals surface area contributed by atoms with Crippen LogP contribution < -0.4 is 5.73 Å². The number of benzene rings is 2. The van der Waals surface area contributed by atoms with Crippen molar-refractivity contribution in [3.05, 3.63) is 77.6 Å². The Bertz CT molecular complexity index is 1020. The zero-order valence-corrected chi connectivity index (χ0v) is 17.7. The van der Waals surface area contributed by atoms with E-state index in [4.69, 9.17) is 5.73 Å². The number of para-hydroxylation sites is 1. The summed E-state index contributed by atoms with van der Waals surface area (Å²) in [4.78, 5) is 19.2. The highest BCUT2D eigenvalue weighted by molar-refractivity contribution is 5.91. The molecule has 30 heavy (non-hydrogen) atoms. The van der Waals surface area contributed by atoms with Gasteiger partial charge in [-0.15, -0.1) is 17.5 Å². The number of hydrogen-bond acceptors (Lipinski definition) is 4. The topological polar surface area (TPSA) is 77.0 Å². The fraction of sp³-hybridized carbons (Fsp3) is 0.318. The van der Waals surface area contributed by atoms with Gasteiger partial charge in [0, 0.05) is 31.0 Å². The lowest BCUT2D eigenvalue weighted by Crippen LogP contribution is -2.32. The van der Waals surface area contributed by atoms with Gasteiger partial charge in [0.05, 0.1) is 0 Å². The maximum atomic E-state index is 14.3. The second-order valence-electron chi connectivity index (χ2n) is 7.70. The summed E-state index contributed by atoms with van der Waals surface area (Å²) in [6.45, 7) is 4.82. The summed E-state index contributed by atoms with van der Waals surface area (Å²) in [6, 6.07) is 16.1. The van der Waals surface area contributed by atoms with Crippen molar-refractivity contribution in [1.82, 2.24) is 19.7 Å². The fourth-order valence-electron chi connectivity index (χ4n) is 3.78. The Labute approximate surface area is 181 Å². The molecule has 158 valence electrons. The average Bonchev–Trinajstić information content (AvgIpc) is 3.33. The molecular weight excluding hydrogens is 405 g/mol. The van der Waals surface area contributed by atoms with Crippen LogP contribution in [0, 0.1) is 5.82 Å². The average molecular weight is 430 g/mol. The van der Waals surface area contributed by atoms with E-state index in [9.17, 15) is 9.18 Å². The summed E-state index contributed by atoms with van der Waals surface area (Å²) in [7, 11) is 0. The van der Waals surface area contributed by atoms with E-state index in [1.807, 2.05) is 44.2 Å². The number of nitrogens with zero attached hydrogens (tertiary/aromatic N) is 4. The van der Waals surface area contributed by atoms with E-state index < -0.39 is 5.82 Å². The molecule has 1 saturated heterocycles. The first kappa shape index (κ1) is 21.9. The van der Waals surface area contributed by atoms with Gasteiger partial charge < -0.3 is 10.6 Å². The van der Waals surface area contributed by atoms with Gasteiger partial charge in [0.1, 0.15) is 17.3 Å². The van der Waals surface area contributed by atoms with Crippen molar-refractivity contribution < 1.29 is 9.18 Å². The minimum Gasteiger partial charge on any atom is -0.334 e. The molecule has 0 aliphatic carbocycles. The third kappa shape index (κ3) is 4.08. The largest absolute Gasteiger partial charge is 0.334 e. The lowest BCUT2D eigenvalue weighted by Gasteiger charge is -2.14. The predicted octanol–water partition coefficient (Wildman–Crippen LogP) is 3.52. The van der Waals surface area contributed by atoms with Crippen LogP contribution in [0.5, 0.6) is 0 Å². The Balaban J connectivity index is 0.00000256. The predicted molar refractivity (Wildman–Crippen MR) is 116 cm³/mol. The first-order valence-electron chi connectivity index (χ1n) is 9.77. The van der Waals surface area contributed by atoms with E-state index in [0.29, 0.717) is 18.9 Å². The van der Waals surface area contributed by atoms with E-state index in [0.717, 1.165) is 5.56 Å². The van der Waals surface area contributed by atoms with Crippen molar-refractivity contribution in [3.63, 3.8) is 0 Å². The molecule has 8 heteroatoms. The molecular formula is C22H25ClFN5O. The third-order valence-electron chi connectivity index (χ3n) is 5.30. The summed E-state index contributed by atoms with van der Waals surface area (Å²) in [5.74, 6) is -0.0409. The minimum absolute atomic E-state index is 0. The summed E-state index contributed by atoms with van der Waals surface area (Å²) in [6.07, 6.45) is 0. The summed E-state index contributed by atoms with van der Waals surface area (Å²) in [5, 5.41) is 4.36. The van der Waals surface area contributed by atoms with E-state index in [2.05, 4.69) is 10.1 Å². The van der Waals surface area contributed by atoms with Crippen LogP contribution in [0.25, 0.3) is 5.69 Å². The van der Waals surface area contributed by atoms with Gasteiger partial charge in [0.15, 0.2) is 0 Å². The fourth-order valence-corrected chi connectivity index (χ4v) is 3.78. The van der Waals surface area contributed by atoms with Crippen molar-refractivity contribution in [2.75, 3.05) is 13.1 Å². The molecule has 1 aliphatic rings. The number of carbonyl (C=O) groups excluding carboxylic acids is 1. The van der Waals surface area contributed by atoms with Gasteiger partial charge in [-0.2, -0.15) is 0 Å². The highest BCUT2D eigenvalue weighted by Gasteiger charge is 2.36. The van der Waals surface area contributed by atoms with Crippen molar-refractivity contribution in [2.24, 2.45) is 5.73 Å². The van der Waals surface area contributed by atoms with Crippen LogP contribution in [0.1, 0.15) is 47.7 Å². The third-order valence-corrected chi connectivity index (χ3v) is 5.30. The molecule has 0 bridgehead atoms. The number of carbonyl (C=O) groups is 1. The molecule has 2 heterocycles. The lowest BCUT2D eigenvalue weighted by atomic mass is 9.95. The van der Waals surface area contributed by atoms with Gasteiger partial charge in [-0.1, -0.05) is 56.3 Å². The summed E-state index contributed by atoms with van der Waals surface area (Å²) in [5.41, 5.74) is 7.72. The van der Waals surface area contributed by atoms with Gasteiger partial charge >= 0.3 is 0 Å². The van der Waals surface area contributed by atoms with Gasteiger partial charge in [0.25, 0.3) is 5.91 Å². The number of halogens is 2. The molecule has 0 saturated carbocycles. The first-order chi connectivity index (χ1) is 14.0. The molecule has 0 radical (unpaired) electrons. The van der Waals surface area contributed by atoms with Gasteiger partial charge in [-0.25, -0.2) is 14.1 Å². The molecule has 0 spiro atoms. The molecule has 0 unspecified atom stereocenters. The molecule has 1 amide bonds. The number of nitrogens with two attached hydrogens (primary N) is 1. The number of aromatic nitrogens is 3. The second kappa shape index (κ2) is 8.93. The minimum atomic E-state index is -0.411. The summed E-state index contributed by atoms with van der Waals surface area (Å²) < 4.78 is 15.7. The number of hydrogen-bond donors (Lipinski definition) is 1. The van der Waals surface area contributed by atoms with Crippen LogP contribution in [-0.4, -0.2) is 44.7 Å². The van der Waals surface area contributed by atoms with Crippen molar-refractivity contribution in [3.8, 4) is 5.69 Å². The second-order valence-corrected chi connectivity index (χ2v) is 7.70. The highest BCUT2D eigenvalue weighted by Crippen LogP contribution is 2.27. The molecule has 4 rings (SSSR count). The van der Waals surface area contributed by atoms with Crippen LogP contribution in [-0.2, 0) is 0 Å². The smallest absolute Gasteiger partial charge is 0.293 e. The maximum absolute atomic E-state index is 14.3. The number of likely N-dealkylation sites (tertiary alicyclic amines) is 1. The van der Waals surface area contributed by atoms with Crippen LogP contribution in [0.4, 0.5) is 4.39 Å². The van der Waals surface area contributed by atoms with Crippen LogP contribution in [0.2, 0.25) is 0 Å². The van der Waals surface area contributed by atoms with E-state index in [1.165, 1.54) is 10.7 Å². The van der Waals surface area contributed by atoms with Crippen molar-refractivity contribution >= 4 is 18.3 Å². The van der Waals surface area contributed by atoms with E-state index >= 15 is 0 Å². The Morgan fingerprint density at radius 1 is 1.10 bits per heavy atom. The Morgan fingerprint density at radius 3 is 2.43 bits per heavy atom. The summed E-state index contributed by atoms with van der Waals surface area (Å²) >= 11 is 0. The van der Waals surface area contributed by atoms with Gasteiger partial charge in [-0.3, -0.25) is 4.79 Å². The SMILES string of the molecule is CC(C)c1nc(C(=O)N2C[C@@H](N)[C@H](c3ccccc3)C2)nn1-c1ccccc1F.Cl. The monoisotopic (exact) mass is 429 g/mol. The van der Waals surface area contributed by atoms with E-state index in [1.54, 1.807) is 23.1 Å². The van der Waals surface area contributed by atoms with Crippen molar-refractivity contribution in [2.45, 2.75) is 31.7 Å². The Morgan fingerprint density at radius 2 is 1.77 bits per heavy atom. The number of rotatable bonds is 4. The molecule has 1 aliphatic heterocycles.